The van der Waals surface area contributed by atoms with Crippen molar-refractivity contribution in [2.45, 2.75) is 57.2 Å². The summed E-state index contributed by atoms with van der Waals surface area (Å²) in [6, 6.07) is 6.92. The molecule has 0 radical (unpaired) electrons. The zero-order valence-electron chi connectivity index (χ0n) is 14.9. The number of cyclic esters (lactones) is 1. The quantitative estimate of drug-likeness (QED) is 0.589. The highest BCUT2D eigenvalue weighted by atomic mass is 19.4. The summed E-state index contributed by atoms with van der Waals surface area (Å²) in [7, 11) is 0. The predicted molar refractivity (Wildman–Crippen MR) is 83.5 cm³/mol. The van der Waals surface area contributed by atoms with Gasteiger partial charge in [0.2, 0.25) is 0 Å². The van der Waals surface area contributed by atoms with Crippen LogP contribution in [0.5, 0.6) is 0 Å². The summed E-state index contributed by atoms with van der Waals surface area (Å²) in [6.07, 6.45) is -14.3. The number of esters is 1. The van der Waals surface area contributed by atoms with E-state index in [2.05, 4.69) is 0 Å². The number of carbonyl (C=O) groups excluding carboxylic acids is 1. The lowest BCUT2D eigenvalue weighted by molar-refractivity contribution is -0.378. The topological polar surface area (TPSA) is 46.5 Å². The Morgan fingerprint density at radius 2 is 1.56 bits per heavy atom. The Bertz CT molecular complexity index is 683. The number of benzene rings is 1. The van der Waals surface area contributed by atoms with Gasteiger partial charge in [-0.2, -0.15) is 26.3 Å². The van der Waals surface area contributed by atoms with Crippen LogP contribution in [0.3, 0.4) is 0 Å². The molecule has 0 aliphatic carbocycles. The number of alkyl halides is 6. The van der Waals surface area contributed by atoms with Crippen LogP contribution < -0.4 is 0 Å². The summed E-state index contributed by atoms with van der Waals surface area (Å²) in [6.45, 7) is 4.69. The molecular weight excluding hydrogens is 378 g/mol. The van der Waals surface area contributed by atoms with Gasteiger partial charge in [0.15, 0.2) is 0 Å². The lowest BCUT2D eigenvalue weighted by Gasteiger charge is -2.39. The normalized spacial score (nSPS) is 27.1. The van der Waals surface area contributed by atoms with Crippen LogP contribution in [-0.2, 0) is 15.1 Å². The van der Waals surface area contributed by atoms with Gasteiger partial charge in [0.05, 0.1) is 5.41 Å². The first-order valence-corrected chi connectivity index (χ1v) is 8.24. The zero-order valence-corrected chi connectivity index (χ0v) is 14.9. The van der Waals surface area contributed by atoms with Crippen molar-refractivity contribution in [1.29, 1.82) is 0 Å². The van der Waals surface area contributed by atoms with E-state index in [1.165, 1.54) is 37.3 Å². The van der Waals surface area contributed by atoms with Gasteiger partial charge in [-0.1, -0.05) is 44.2 Å². The minimum Gasteiger partial charge on any atom is -0.454 e. The molecule has 1 aromatic rings. The van der Waals surface area contributed by atoms with Crippen LogP contribution in [0.2, 0.25) is 0 Å². The number of carbonyl (C=O) groups is 1. The molecule has 0 spiro atoms. The van der Waals surface area contributed by atoms with Crippen molar-refractivity contribution in [3.63, 3.8) is 0 Å². The fourth-order valence-corrected chi connectivity index (χ4v) is 3.31. The lowest BCUT2D eigenvalue weighted by atomic mass is 9.69. The van der Waals surface area contributed by atoms with Gasteiger partial charge in [-0.3, -0.25) is 4.79 Å². The van der Waals surface area contributed by atoms with Gasteiger partial charge in [-0.05, 0) is 18.4 Å². The molecule has 1 heterocycles. The van der Waals surface area contributed by atoms with Crippen LogP contribution in [0, 0.1) is 11.3 Å². The van der Waals surface area contributed by atoms with Crippen molar-refractivity contribution >= 4 is 5.97 Å². The maximum atomic E-state index is 13.3. The molecule has 1 saturated heterocycles. The third kappa shape index (κ3) is 3.41. The highest BCUT2D eigenvalue weighted by Gasteiger charge is 2.74. The minimum absolute atomic E-state index is 0.0327. The van der Waals surface area contributed by atoms with Gasteiger partial charge in [-0.15, -0.1) is 0 Å². The molecule has 3 nitrogen and oxygen atoms in total. The Balaban J connectivity index is 2.65. The van der Waals surface area contributed by atoms with E-state index < -0.39 is 53.7 Å². The fourth-order valence-electron chi connectivity index (χ4n) is 3.31. The Kier molecular flexibility index (Phi) is 5.10. The molecule has 1 aliphatic heterocycles. The number of rotatable bonds is 4. The molecule has 152 valence electrons. The Labute approximate surface area is 152 Å². The Morgan fingerprint density at radius 1 is 1.07 bits per heavy atom. The van der Waals surface area contributed by atoms with Gasteiger partial charge < -0.3 is 9.84 Å². The Morgan fingerprint density at radius 3 is 1.93 bits per heavy atom. The number of aliphatic hydroxyl groups is 1. The van der Waals surface area contributed by atoms with Crippen molar-refractivity contribution in [1.82, 2.24) is 0 Å². The van der Waals surface area contributed by atoms with Crippen molar-refractivity contribution in [2.75, 3.05) is 0 Å². The first-order valence-electron chi connectivity index (χ1n) is 8.24. The Hall–Kier alpha value is -1.77. The van der Waals surface area contributed by atoms with Crippen LogP contribution in [0.4, 0.5) is 26.3 Å². The second-order valence-electron chi connectivity index (χ2n) is 7.53. The molecule has 0 saturated carbocycles. The van der Waals surface area contributed by atoms with Crippen LogP contribution in [0.25, 0.3) is 0 Å². The molecular formula is C18H20F6O3. The maximum Gasteiger partial charge on any atom is 0.426 e. The standard InChI is InChI=1S/C18H20F6O3/c1-11(2)14(3)9-15(27-13(14)25,12-7-5-4-6-8-12)10-16(26,17(19,20)21)18(22,23)24/h4-8,11,26H,9-10H2,1-3H3. The number of halogens is 6. The summed E-state index contributed by atoms with van der Waals surface area (Å²) >= 11 is 0. The molecule has 27 heavy (non-hydrogen) atoms. The van der Waals surface area contributed by atoms with Gasteiger partial charge in [-0.25, -0.2) is 0 Å². The fraction of sp³-hybridized carbons (Fsp3) is 0.611. The third-order valence-electron chi connectivity index (χ3n) is 5.46. The third-order valence-corrected chi connectivity index (χ3v) is 5.46. The van der Waals surface area contributed by atoms with Crippen LogP contribution in [0.1, 0.15) is 39.2 Å². The molecule has 1 aliphatic rings. The first kappa shape index (κ1) is 21.5. The van der Waals surface area contributed by atoms with Crippen LogP contribution >= 0.6 is 0 Å². The van der Waals surface area contributed by atoms with E-state index >= 15 is 0 Å². The van der Waals surface area contributed by atoms with E-state index in [1.807, 2.05) is 0 Å². The van der Waals surface area contributed by atoms with Crippen molar-refractivity contribution < 1.29 is 41.0 Å². The molecule has 1 aromatic carbocycles. The van der Waals surface area contributed by atoms with E-state index in [-0.39, 0.29) is 5.56 Å². The van der Waals surface area contributed by atoms with Gasteiger partial charge in [0, 0.05) is 12.8 Å². The molecule has 2 rings (SSSR count). The summed E-state index contributed by atoms with van der Waals surface area (Å²) in [5.41, 5.74) is -8.63. The summed E-state index contributed by atoms with van der Waals surface area (Å²) in [5.74, 6) is -1.30. The minimum atomic E-state index is -6.00. The van der Waals surface area contributed by atoms with E-state index in [1.54, 1.807) is 13.8 Å². The smallest absolute Gasteiger partial charge is 0.426 e. The SMILES string of the molecule is CC(C)C1(C)CC(CC(O)(C(F)(F)F)C(F)(F)F)(c2ccccc2)OC1=O. The average Bonchev–Trinajstić information content (AvgIpc) is 2.79. The molecule has 0 aromatic heterocycles. The molecule has 1 N–H and O–H groups in total. The summed E-state index contributed by atoms with van der Waals surface area (Å²) in [5, 5.41) is 9.73. The van der Waals surface area contributed by atoms with Crippen LogP contribution in [0.15, 0.2) is 30.3 Å². The van der Waals surface area contributed by atoms with Crippen molar-refractivity contribution in [3.05, 3.63) is 35.9 Å². The molecule has 0 amide bonds. The molecule has 2 atom stereocenters. The summed E-state index contributed by atoms with van der Waals surface area (Å²) in [4.78, 5) is 12.4. The maximum absolute atomic E-state index is 13.3. The number of hydrogen-bond donors (Lipinski definition) is 1. The monoisotopic (exact) mass is 398 g/mol. The van der Waals surface area contributed by atoms with E-state index in [0.717, 1.165) is 0 Å². The van der Waals surface area contributed by atoms with E-state index in [4.69, 9.17) is 4.74 Å². The van der Waals surface area contributed by atoms with Gasteiger partial charge >= 0.3 is 18.3 Å². The number of hydrogen-bond acceptors (Lipinski definition) is 3. The average molecular weight is 398 g/mol. The highest BCUT2D eigenvalue weighted by Crippen LogP contribution is 2.57. The second-order valence-corrected chi connectivity index (χ2v) is 7.53. The van der Waals surface area contributed by atoms with E-state index in [9.17, 15) is 36.2 Å². The number of ether oxygens (including phenoxy) is 1. The lowest BCUT2D eigenvalue weighted by Crippen LogP contribution is -2.60. The molecule has 1 fully saturated rings. The molecule has 0 bridgehead atoms. The van der Waals surface area contributed by atoms with E-state index in [0.29, 0.717) is 0 Å². The first-order chi connectivity index (χ1) is 12.1. The molecule has 2 unspecified atom stereocenters. The predicted octanol–water partition coefficient (Wildman–Crippen LogP) is 4.74. The van der Waals surface area contributed by atoms with Crippen molar-refractivity contribution in [3.8, 4) is 0 Å². The van der Waals surface area contributed by atoms with Crippen molar-refractivity contribution in [2.24, 2.45) is 11.3 Å². The largest absolute Gasteiger partial charge is 0.454 e. The zero-order chi connectivity index (χ0) is 20.9. The van der Waals surface area contributed by atoms with Crippen LogP contribution in [-0.4, -0.2) is 29.0 Å². The summed E-state index contributed by atoms with van der Waals surface area (Å²) < 4.78 is 84.9. The second kappa shape index (κ2) is 6.39. The van der Waals surface area contributed by atoms with Gasteiger partial charge in [0.1, 0.15) is 5.60 Å². The van der Waals surface area contributed by atoms with Gasteiger partial charge in [0.25, 0.3) is 5.60 Å². The molecule has 9 heteroatoms. The highest BCUT2D eigenvalue weighted by molar-refractivity contribution is 5.80.